The van der Waals surface area contributed by atoms with Crippen LogP contribution in [0.1, 0.15) is 11.1 Å². The Bertz CT molecular complexity index is 793. The molecule has 0 heterocycles. The molecule has 0 aliphatic rings. The number of rotatable bonds is 4. The summed E-state index contributed by atoms with van der Waals surface area (Å²) in [6, 6.07) is 12.4. The Morgan fingerprint density at radius 2 is 1.86 bits per heavy atom. The minimum atomic E-state index is -3.22. The first-order valence-corrected chi connectivity index (χ1v) is 8.02. The van der Waals surface area contributed by atoms with Crippen LogP contribution in [0, 0.1) is 17.1 Å². The van der Waals surface area contributed by atoms with Gasteiger partial charge in [-0.2, -0.15) is 5.26 Å². The lowest BCUT2D eigenvalue weighted by Crippen LogP contribution is -2.03. The van der Waals surface area contributed by atoms with Gasteiger partial charge in [-0.15, -0.1) is 0 Å². The average Bonchev–Trinajstić information content (AvgIpc) is 2.45. The van der Waals surface area contributed by atoms with Gasteiger partial charge in [0.1, 0.15) is 5.82 Å². The first kappa shape index (κ1) is 15.0. The van der Waals surface area contributed by atoms with Crippen LogP contribution in [0.5, 0.6) is 0 Å². The zero-order valence-corrected chi connectivity index (χ0v) is 12.1. The fourth-order valence-electron chi connectivity index (χ4n) is 1.78. The smallest absolute Gasteiger partial charge is 0.175 e. The molecule has 0 aromatic heterocycles. The Hall–Kier alpha value is -2.39. The minimum absolute atomic E-state index is 0.234. The predicted octanol–water partition coefficient (Wildman–Crippen LogP) is 2.71. The second-order valence-electron chi connectivity index (χ2n) is 4.57. The van der Waals surface area contributed by atoms with Crippen molar-refractivity contribution < 1.29 is 12.8 Å². The van der Waals surface area contributed by atoms with Crippen molar-refractivity contribution in [1.29, 1.82) is 5.26 Å². The third-order valence-corrected chi connectivity index (χ3v) is 4.08. The maximum atomic E-state index is 13.7. The monoisotopic (exact) mass is 304 g/mol. The number of nitrogens with zero attached hydrogens (tertiary/aromatic N) is 1. The Labute approximate surface area is 122 Å². The molecule has 2 aromatic rings. The molecule has 0 radical (unpaired) electrons. The molecule has 0 amide bonds. The van der Waals surface area contributed by atoms with Gasteiger partial charge >= 0.3 is 0 Å². The molecule has 0 spiro atoms. The van der Waals surface area contributed by atoms with Crippen LogP contribution in [0.25, 0.3) is 0 Å². The van der Waals surface area contributed by atoms with Crippen molar-refractivity contribution in [2.75, 3.05) is 11.6 Å². The van der Waals surface area contributed by atoms with E-state index in [2.05, 4.69) is 5.32 Å². The molecule has 21 heavy (non-hydrogen) atoms. The van der Waals surface area contributed by atoms with E-state index in [0.29, 0.717) is 11.3 Å². The second-order valence-corrected chi connectivity index (χ2v) is 6.58. The van der Waals surface area contributed by atoms with Crippen LogP contribution in [0.4, 0.5) is 10.1 Å². The SMILES string of the molecule is CS(=O)(=O)c1ccc(NCc2ccc(C#N)cc2F)cc1. The Morgan fingerprint density at radius 3 is 2.38 bits per heavy atom. The molecule has 0 bridgehead atoms. The Kier molecular flexibility index (Phi) is 4.24. The van der Waals surface area contributed by atoms with E-state index in [1.54, 1.807) is 24.3 Å². The summed E-state index contributed by atoms with van der Waals surface area (Å²) in [4.78, 5) is 0.234. The number of anilines is 1. The molecule has 4 nitrogen and oxygen atoms in total. The Balaban J connectivity index is 2.09. The number of nitriles is 1. The quantitative estimate of drug-likeness (QED) is 0.943. The fraction of sp³-hybridized carbons (Fsp3) is 0.133. The lowest BCUT2D eigenvalue weighted by Gasteiger charge is -2.08. The van der Waals surface area contributed by atoms with E-state index in [0.717, 1.165) is 6.26 Å². The molecule has 2 rings (SSSR count). The molecule has 1 N–H and O–H groups in total. The van der Waals surface area contributed by atoms with E-state index in [1.807, 2.05) is 6.07 Å². The van der Waals surface area contributed by atoms with E-state index < -0.39 is 15.7 Å². The van der Waals surface area contributed by atoms with Gasteiger partial charge in [-0.3, -0.25) is 0 Å². The highest BCUT2D eigenvalue weighted by atomic mass is 32.2. The van der Waals surface area contributed by atoms with Crippen molar-refractivity contribution in [3.63, 3.8) is 0 Å². The highest BCUT2D eigenvalue weighted by Gasteiger charge is 2.07. The van der Waals surface area contributed by atoms with Crippen molar-refractivity contribution in [2.24, 2.45) is 0 Å². The van der Waals surface area contributed by atoms with Crippen LogP contribution in [0.2, 0.25) is 0 Å². The maximum absolute atomic E-state index is 13.7. The van der Waals surface area contributed by atoms with Gasteiger partial charge < -0.3 is 5.32 Å². The van der Waals surface area contributed by atoms with E-state index in [-0.39, 0.29) is 17.0 Å². The normalized spacial score (nSPS) is 10.9. The molecule has 108 valence electrons. The van der Waals surface area contributed by atoms with Gasteiger partial charge in [0.15, 0.2) is 9.84 Å². The second kappa shape index (κ2) is 5.94. The summed E-state index contributed by atoms with van der Waals surface area (Å²) < 4.78 is 36.4. The number of sulfone groups is 1. The molecule has 6 heteroatoms. The van der Waals surface area contributed by atoms with E-state index in [1.165, 1.54) is 18.2 Å². The maximum Gasteiger partial charge on any atom is 0.175 e. The molecule has 0 unspecified atom stereocenters. The van der Waals surface area contributed by atoms with Crippen LogP contribution >= 0.6 is 0 Å². The number of hydrogen-bond acceptors (Lipinski definition) is 4. The van der Waals surface area contributed by atoms with Gasteiger partial charge in [0, 0.05) is 24.1 Å². The van der Waals surface area contributed by atoms with Crippen LogP contribution in [-0.2, 0) is 16.4 Å². The topological polar surface area (TPSA) is 70.0 Å². The number of halogens is 1. The first-order chi connectivity index (χ1) is 9.90. The lowest BCUT2D eigenvalue weighted by molar-refractivity contribution is 0.602. The Morgan fingerprint density at radius 1 is 1.19 bits per heavy atom. The lowest BCUT2D eigenvalue weighted by atomic mass is 10.1. The van der Waals surface area contributed by atoms with Gasteiger partial charge in [-0.05, 0) is 36.4 Å². The van der Waals surface area contributed by atoms with Gasteiger partial charge in [0.05, 0.1) is 16.5 Å². The molecule has 0 saturated heterocycles. The molecular weight excluding hydrogens is 291 g/mol. The summed E-state index contributed by atoms with van der Waals surface area (Å²) in [6.07, 6.45) is 1.14. The standard InChI is InChI=1S/C15H13FN2O2S/c1-21(19,20)14-6-4-13(5-7-14)18-10-12-3-2-11(9-17)8-15(12)16/h2-8,18H,10H2,1H3. The summed E-state index contributed by atoms with van der Waals surface area (Å²) in [5.74, 6) is -0.450. The van der Waals surface area contributed by atoms with Crippen molar-refractivity contribution in [1.82, 2.24) is 0 Å². The molecule has 0 aliphatic carbocycles. The van der Waals surface area contributed by atoms with Gasteiger partial charge in [-0.25, -0.2) is 12.8 Å². The van der Waals surface area contributed by atoms with Crippen LogP contribution in [0.15, 0.2) is 47.4 Å². The van der Waals surface area contributed by atoms with Crippen molar-refractivity contribution in [2.45, 2.75) is 11.4 Å². The van der Waals surface area contributed by atoms with Crippen LogP contribution in [-0.4, -0.2) is 14.7 Å². The molecule has 0 aliphatic heterocycles. The fourth-order valence-corrected chi connectivity index (χ4v) is 2.41. The number of hydrogen-bond donors (Lipinski definition) is 1. The number of nitrogens with one attached hydrogen (secondary N) is 1. The summed E-state index contributed by atoms with van der Waals surface area (Å²) in [5.41, 5.74) is 1.39. The highest BCUT2D eigenvalue weighted by molar-refractivity contribution is 7.90. The van der Waals surface area contributed by atoms with Crippen molar-refractivity contribution >= 4 is 15.5 Å². The van der Waals surface area contributed by atoms with Gasteiger partial charge in [-0.1, -0.05) is 6.07 Å². The van der Waals surface area contributed by atoms with Gasteiger partial charge in [0.25, 0.3) is 0 Å². The van der Waals surface area contributed by atoms with Gasteiger partial charge in [0.2, 0.25) is 0 Å². The zero-order valence-electron chi connectivity index (χ0n) is 11.3. The third-order valence-electron chi connectivity index (χ3n) is 2.95. The van der Waals surface area contributed by atoms with E-state index in [9.17, 15) is 12.8 Å². The molecule has 0 atom stereocenters. The molecular formula is C15H13FN2O2S. The summed E-state index contributed by atoms with van der Waals surface area (Å²) in [6.45, 7) is 0.246. The number of benzene rings is 2. The molecule has 0 saturated carbocycles. The van der Waals surface area contributed by atoms with Crippen molar-refractivity contribution in [3.8, 4) is 6.07 Å². The largest absolute Gasteiger partial charge is 0.381 e. The van der Waals surface area contributed by atoms with E-state index in [4.69, 9.17) is 5.26 Å². The first-order valence-electron chi connectivity index (χ1n) is 6.12. The average molecular weight is 304 g/mol. The van der Waals surface area contributed by atoms with Crippen LogP contribution in [0.3, 0.4) is 0 Å². The third kappa shape index (κ3) is 3.80. The minimum Gasteiger partial charge on any atom is -0.381 e. The summed E-state index contributed by atoms with van der Waals surface area (Å²) in [7, 11) is -3.22. The highest BCUT2D eigenvalue weighted by Crippen LogP contribution is 2.16. The predicted molar refractivity (Wildman–Crippen MR) is 78.0 cm³/mol. The molecule has 2 aromatic carbocycles. The van der Waals surface area contributed by atoms with E-state index >= 15 is 0 Å². The van der Waals surface area contributed by atoms with Crippen molar-refractivity contribution in [3.05, 3.63) is 59.4 Å². The summed E-state index contributed by atoms with van der Waals surface area (Å²) >= 11 is 0. The van der Waals surface area contributed by atoms with Crippen LogP contribution < -0.4 is 5.32 Å². The molecule has 0 fully saturated rings. The summed E-state index contributed by atoms with van der Waals surface area (Å²) in [5, 5.41) is 11.7. The zero-order chi connectivity index (χ0) is 15.5.